The molecule has 107 heavy (non-hydrogen) atoms. The summed E-state index contributed by atoms with van der Waals surface area (Å²) in [6.07, 6.45) is -0.990. The fraction of sp³-hybridized carbons (Fsp3) is 0.360. The van der Waals surface area contributed by atoms with Gasteiger partial charge in [-0.3, -0.25) is 44.7 Å². The van der Waals surface area contributed by atoms with E-state index in [-0.39, 0.29) is 74.9 Å². The average Bonchev–Trinajstić information content (AvgIpc) is 1.56. The lowest BCUT2D eigenvalue weighted by Crippen LogP contribution is -2.63. The highest BCUT2D eigenvalue weighted by molar-refractivity contribution is 8.03. The number of rotatable bonds is 21. The van der Waals surface area contributed by atoms with E-state index in [1.807, 2.05) is 6.92 Å². The van der Waals surface area contributed by atoms with Gasteiger partial charge in [0.25, 0.3) is 11.4 Å². The van der Waals surface area contributed by atoms with Gasteiger partial charge in [0.2, 0.25) is 11.8 Å². The van der Waals surface area contributed by atoms with Gasteiger partial charge in [0.05, 0.1) is 70.2 Å². The first kappa shape index (κ1) is 78.0. The van der Waals surface area contributed by atoms with Crippen molar-refractivity contribution in [3.63, 3.8) is 0 Å². The standard InChI is InChI=1S/C32H35N5O7S.C29H25N2O11P.C14H19N3S.ClH/c1-4-20-5-7-21(8-6-20)15-34-14-13-33-32(34)35-16-24(17-35)45-28-18(2)26-25(19(3)38)29(39)36(26)27(28)31(41)44-30(40)22-9-11-23(12-10-22)37(42)43;1-17-24-23(18(2)32)27(33)30(24)25(29(35)39-28(34)19-13-15-20(16-14-19)31(36)37)26(17)42-43(38,40-21-9-5-3-6-10-21)41-22-11-7-4-8-12-22;1-11-2-4-12(5-3-11)8-16-7-6-15-14(16)17-9-13(18)10-17;/h5-12,18-19,24-26,38H,4,13-17H2,1-3H3;3-18,23-24,32H,1-2H3;2-5,13,18H,6-10H2,1H3;1H/t18-,19-,25-,26-;17-,18-,23-,24-;;/m11../s1. The average molecular weight is 1540 g/mol. The Balaban J connectivity index is 0.000000172. The van der Waals surface area contributed by atoms with Gasteiger partial charge in [0, 0.05) is 104 Å². The minimum Gasteiger partial charge on any atom is -0.393 e. The molecule has 4 fully saturated rings. The van der Waals surface area contributed by atoms with Gasteiger partial charge in [-0.25, -0.2) is 19.2 Å². The number of aliphatic imine (C=N–C) groups is 2. The Hall–Kier alpha value is -10.1. The van der Waals surface area contributed by atoms with E-state index in [2.05, 4.69) is 99.6 Å². The number of nitro groups is 2. The van der Waals surface area contributed by atoms with Crippen LogP contribution in [0.3, 0.4) is 0 Å². The summed E-state index contributed by atoms with van der Waals surface area (Å²) in [6, 6.07) is 41.3. The molecule has 0 aliphatic carbocycles. The Bertz CT molecular complexity index is 4480. The minimum atomic E-state index is -4.64. The number of phosphoric acid groups is 1. The number of non-ortho nitro benzene ring substituents is 2. The Morgan fingerprint density at radius 2 is 1.00 bits per heavy atom. The van der Waals surface area contributed by atoms with Gasteiger partial charge in [-0.1, -0.05) is 111 Å². The number of ether oxygens (including phenoxy) is 2. The van der Waals surface area contributed by atoms with Crippen molar-refractivity contribution in [3.8, 4) is 11.5 Å². The summed E-state index contributed by atoms with van der Waals surface area (Å²) in [6.45, 7) is 19.5. The Kier molecular flexibility index (Phi) is 24.3. The van der Waals surface area contributed by atoms with Crippen molar-refractivity contribution in [1.82, 2.24) is 29.4 Å². The monoisotopic (exact) mass is 1540 g/mol. The highest BCUT2D eigenvalue weighted by Gasteiger charge is 2.63. The first-order valence-electron chi connectivity index (χ1n) is 34.7. The largest absolute Gasteiger partial charge is 0.646 e. The lowest BCUT2D eigenvalue weighted by atomic mass is 9.79. The van der Waals surface area contributed by atoms with Crippen LogP contribution in [0, 0.1) is 50.8 Å². The van der Waals surface area contributed by atoms with E-state index in [1.165, 1.54) is 88.2 Å². The fourth-order valence-corrected chi connectivity index (χ4v) is 17.1. The van der Waals surface area contributed by atoms with Gasteiger partial charge in [-0.15, -0.1) is 24.2 Å². The SMILES string of the molecule is CCc1ccc(CN2CCN=C2N2CC(SC3=C(C(=O)OC(=O)c4ccc([N+](=O)[O-])cc4)N4C(=O)[C@H]([C@@H](C)O)[C@H]4[C@H]3C)C2)cc1.C[C@@H](O)[C@H]1C(=O)N2C(C(=O)OC(=O)c3ccc([N+](=O)[O-])cc3)=C(OP(=O)(Oc3ccccc3)Oc3ccccc3)[C@H](C)[C@H]12.Cc1ccc(CN2CCN=C2N2CC(S)C2)cc1.Cl. The van der Waals surface area contributed by atoms with Crippen molar-refractivity contribution in [1.29, 1.82) is 0 Å². The van der Waals surface area contributed by atoms with E-state index in [4.69, 9.17) is 28.0 Å². The van der Waals surface area contributed by atoms with Gasteiger partial charge < -0.3 is 57.8 Å². The third-order valence-electron chi connectivity index (χ3n) is 19.4. The number of thioether (sulfide) groups is 1. The van der Waals surface area contributed by atoms with Crippen LogP contribution in [0.2, 0.25) is 0 Å². The molecule has 0 saturated carbocycles. The predicted molar refractivity (Wildman–Crippen MR) is 401 cm³/mol. The number of hydrogen-bond acceptors (Lipinski definition) is 26. The first-order valence-corrected chi connectivity index (χ1v) is 37.5. The van der Waals surface area contributed by atoms with E-state index >= 15 is 0 Å². The predicted octanol–water partition coefficient (Wildman–Crippen LogP) is 10.0. The molecule has 6 aromatic rings. The van der Waals surface area contributed by atoms with Crippen molar-refractivity contribution < 1.29 is 76.4 Å². The number of β-lactam (4-membered cyclic amide) rings is 2. The van der Waals surface area contributed by atoms with Crippen LogP contribution in [0.5, 0.6) is 11.5 Å². The Morgan fingerprint density at radius 1 is 0.589 bits per heavy atom. The van der Waals surface area contributed by atoms with E-state index in [9.17, 15) is 63.8 Å². The molecular formula is C75H80ClN10O18PS2. The molecule has 14 rings (SSSR count). The summed E-state index contributed by atoms with van der Waals surface area (Å²) in [5.41, 5.74) is 4.04. The molecule has 0 spiro atoms. The third kappa shape index (κ3) is 17.0. The molecule has 28 nitrogen and oxygen atoms in total. The molecule has 6 aromatic carbocycles. The number of hydrogen-bond donors (Lipinski definition) is 3. The van der Waals surface area contributed by atoms with Crippen LogP contribution in [-0.4, -0.2) is 184 Å². The second kappa shape index (κ2) is 33.4. The van der Waals surface area contributed by atoms with E-state index < -0.39 is 95.2 Å². The molecule has 0 aromatic heterocycles. The van der Waals surface area contributed by atoms with Crippen LogP contribution in [0.1, 0.15) is 77.6 Å². The van der Waals surface area contributed by atoms with Crippen LogP contribution in [0.4, 0.5) is 11.4 Å². The number of aliphatic hydroxyl groups excluding tert-OH is 2. The minimum absolute atomic E-state index is 0. The Morgan fingerprint density at radius 3 is 1.43 bits per heavy atom. The zero-order valence-electron chi connectivity index (χ0n) is 59.2. The quantitative estimate of drug-likeness (QED) is 0.0115. The molecule has 0 radical (unpaired) electrons. The number of benzene rings is 6. The summed E-state index contributed by atoms with van der Waals surface area (Å²) >= 11 is 5.97. The molecular weight excluding hydrogens is 1460 g/mol. The van der Waals surface area contributed by atoms with E-state index in [1.54, 1.807) is 50.2 Å². The van der Waals surface area contributed by atoms with E-state index in [0.29, 0.717) is 23.2 Å². The Labute approximate surface area is 632 Å². The number of thiol groups is 1. The van der Waals surface area contributed by atoms with Crippen molar-refractivity contribution >= 4 is 104 Å². The number of halogens is 1. The summed E-state index contributed by atoms with van der Waals surface area (Å²) in [5, 5.41) is 43.1. The third-order valence-corrected chi connectivity index (χ3v) is 22.5. The van der Waals surface area contributed by atoms with Crippen molar-refractivity contribution in [2.75, 3.05) is 52.4 Å². The second-order valence-corrected chi connectivity index (χ2v) is 30.3. The molecule has 32 heteroatoms. The molecule has 0 unspecified atom stereocenters. The molecule has 8 heterocycles. The van der Waals surface area contributed by atoms with Crippen LogP contribution in [0.25, 0.3) is 0 Å². The van der Waals surface area contributed by atoms with Crippen molar-refractivity contribution in [2.24, 2.45) is 33.7 Å². The number of fused-ring (bicyclic) bond motifs is 2. The maximum Gasteiger partial charge on any atom is 0.646 e. The highest BCUT2D eigenvalue weighted by atomic mass is 35.5. The number of carbonyl (C=O) groups excluding carboxylic acids is 6. The van der Waals surface area contributed by atoms with Gasteiger partial charge in [-0.05, 0) is 92.4 Å². The lowest BCUT2D eigenvalue weighted by molar-refractivity contribution is -0.385. The first-order chi connectivity index (χ1) is 50.8. The van der Waals surface area contributed by atoms with Crippen LogP contribution >= 0.6 is 44.6 Å². The normalized spacial score (nSPS) is 21.2. The van der Waals surface area contributed by atoms with Gasteiger partial charge >= 0.3 is 31.7 Å². The van der Waals surface area contributed by atoms with Crippen LogP contribution in [0.15, 0.2) is 190 Å². The van der Waals surface area contributed by atoms with Gasteiger partial charge in [0.1, 0.15) is 23.0 Å². The number of nitro benzene ring substituents is 2. The highest BCUT2D eigenvalue weighted by Crippen LogP contribution is 2.58. The zero-order chi connectivity index (χ0) is 75.4. The summed E-state index contributed by atoms with van der Waals surface area (Å²) in [4.78, 5) is 121. The number of likely N-dealkylation sites (tertiary alicyclic amines) is 2. The number of carbonyl (C=O) groups is 6. The van der Waals surface area contributed by atoms with Crippen LogP contribution < -0.4 is 9.05 Å². The summed E-state index contributed by atoms with van der Waals surface area (Å²) in [7, 11) is -4.64. The number of aliphatic hydroxyl groups is 2. The van der Waals surface area contributed by atoms with Crippen molar-refractivity contribution in [3.05, 3.63) is 233 Å². The fourth-order valence-electron chi connectivity index (χ4n) is 13.8. The molecule has 8 atom stereocenters. The molecule has 2 amide bonds. The number of nitrogens with zero attached hydrogens (tertiary/aromatic N) is 10. The second-order valence-electron chi connectivity index (χ2n) is 26.8. The van der Waals surface area contributed by atoms with Crippen LogP contribution in [-0.2, 0) is 57.3 Å². The van der Waals surface area contributed by atoms with Gasteiger partial charge in [0.15, 0.2) is 17.6 Å². The summed E-state index contributed by atoms with van der Waals surface area (Å²) < 4.78 is 41.6. The zero-order valence-corrected chi connectivity index (χ0v) is 62.6. The maximum atomic E-state index is 14.2. The van der Waals surface area contributed by atoms with Crippen molar-refractivity contribution in [2.45, 2.75) is 95.8 Å². The molecule has 0 bridgehead atoms. The molecule has 2 N–H and O–H groups in total. The molecule has 4 saturated heterocycles. The summed E-state index contributed by atoms with van der Waals surface area (Å²) in [5.74, 6) is -6.00. The van der Waals surface area contributed by atoms with E-state index in [0.717, 1.165) is 106 Å². The smallest absolute Gasteiger partial charge is 0.393 e. The van der Waals surface area contributed by atoms with Gasteiger partial charge in [-0.2, -0.15) is 17.2 Å². The number of esters is 4. The number of amides is 2. The maximum absolute atomic E-state index is 14.2. The topological polar surface area (TPSA) is 337 Å². The lowest BCUT2D eigenvalue weighted by Gasteiger charge is -2.46. The number of para-hydroxylation sites is 2. The molecule has 562 valence electrons. The molecule has 8 aliphatic heterocycles. The number of guanidine groups is 2. The number of phosphoric ester groups is 1. The molecule has 8 aliphatic rings. The number of aryl methyl sites for hydroxylation is 2.